The molecule has 33 heavy (non-hydrogen) atoms. The topological polar surface area (TPSA) is 49.0 Å². The first-order valence-electron chi connectivity index (χ1n) is 9.44. The van der Waals surface area contributed by atoms with Crippen molar-refractivity contribution in [1.29, 1.82) is 0 Å². The van der Waals surface area contributed by atoms with Crippen molar-refractivity contribution in [2.45, 2.75) is 26.4 Å². The summed E-state index contributed by atoms with van der Waals surface area (Å²) in [6.07, 6.45) is -7.72. The van der Waals surface area contributed by atoms with Crippen LogP contribution in [0.3, 0.4) is 0 Å². The summed E-state index contributed by atoms with van der Waals surface area (Å²) in [5.41, 5.74) is -4.35. The number of nitrogens with one attached hydrogen (secondary N) is 1. The third kappa shape index (κ3) is 5.10. The molecular weight excluding hydrogens is 455 g/mol. The zero-order chi connectivity index (χ0) is 24.6. The number of nitrogens with zero attached hydrogens (tertiary/aromatic N) is 2. The number of hydrogen-bond donors (Lipinski definition) is 1. The van der Waals surface area contributed by atoms with Crippen molar-refractivity contribution in [2.75, 3.05) is 11.4 Å². The van der Waals surface area contributed by atoms with E-state index in [1.54, 1.807) is 0 Å². The number of anilines is 2. The molecule has 0 radical (unpaired) electrons. The molecule has 0 atom stereocenters. The van der Waals surface area contributed by atoms with E-state index in [2.05, 4.69) is 15.9 Å². The molecule has 3 aromatic rings. The average Bonchev–Trinajstić information content (AvgIpc) is 2.70. The highest BCUT2D eigenvalue weighted by Gasteiger charge is 2.46. The molecule has 0 unspecified atom stereocenters. The van der Waals surface area contributed by atoms with Crippen molar-refractivity contribution in [1.82, 2.24) is 9.97 Å². The Hall–Kier alpha value is -3.55. The Morgan fingerprint density at radius 3 is 2.45 bits per heavy atom. The number of fused-ring (bicyclic) bond motifs is 1. The maximum atomic E-state index is 15.3. The SMILES string of the molecule is CC(C)(C#Cc1cccc(N(CC(F)F)c2nc(=O)[nH]c3ccc(F)cc23)c1F)C(F)(F)F. The second-order valence-electron chi connectivity index (χ2n) is 7.57. The number of aromatic nitrogens is 2. The Kier molecular flexibility index (Phi) is 6.40. The third-order valence-electron chi connectivity index (χ3n) is 4.74. The highest BCUT2D eigenvalue weighted by molar-refractivity contribution is 5.91. The molecule has 0 fully saturated rings. The smallest absolute Gasteiger partial charge is 0.317 e. The lowest BCUT2D eigenvalue weighted by Gasteiger charge is -2.25. The standard InChI is InChI=1S/C22H16F7N3O/c1-21(2,22(27,28)29)9-8-12-4-3-5-16(18(12)26)32(11-17(24)25)19-14-10-13(23)6-7-15(14)30-20(33)31-19/h3-7,10,17H,11H2,1-2H3,(H,30,31,33). The molecular formula is C22H16F7N3O. The molecule has 0 aliphatic rings. The van der Waals surface area contributed by atoms with E-state index in [-0.39, 0.29) is 10.9 Å². The van der Waals surface area contributed by atoms with Gasteiger partial charge in [0.1, 0.15) is 17.1 Å². The predicted molar refractivity (Wildman–Crippen MR) is 108 cm³/mol. The lowest BCUT2D eigenvalue weighted by Crippen LogP contribution is -2.30. The van der Waals surface area contributed by atoms with Crippen molar-refractivity contribution in [3.05, 3.63) is 64.1 Å². The van der Waals surface area contributed by atoms with Gasteiger partial charge in [0, 0.05) is 5.39 Å². The van der Waals surface area contributed by atoms with Crippen LogP contribution in [-0.2, 0) is 0 Å². The van der Waals surface area contributed by atoms with Crippen LogP contribution in [0, 0.1) is 28.9 Å². The minimum atomic E-state index is -4.69. The second-order valence-corrected chi connectivity index (χ2v) is 7.57. The molecule has 2 aromatic carbocycles. The second kappa shape index (κ2) is 8.77. The number of alkyl halides is 5. The van der Waals surface area contributed by atoms with Gasteiger partial charge < -0.3 is 9.88 Å². The van der Waals surface area contributed by atoms with Crippen molar-refractivity contribution in [3.63, 3.8) is 0 Å². The van der Waals surface area contributed by atoms with Gasteiger partial charge in [-0.1, -0.05) is 17.9 Å². The van der Waals surface area contributed by atoms with Gasteiger partial charge in [-0.15, -0.1) is 0 Å². The maximum absolute atomic E-state index is 15.3. The highest BCUT2D eigenvalue weighted by atomic mass is 19.4. The summed E-state index contributed by atoms with van der Waals surface area (Å²) >= 11 is 0. The maximum Gasteiger partial charge on any atom is 0.404 e. The predicted octanol–water partition coefficient (Wildman–Crippen LogP) is 5.54. The summed E-state index contributed by atoms with van der Waals surface area (Å²) in [7, 11) is 0. The molecule has 1 N–H and O–H groups in total. The zero-order valence-corrected chi connectivity index (χ0v) is 17.2. The molecule has 4 nitrogen and oxygen atoms in total. The Labute approximate surface area is 183 Å². The van der Waals surface area contributed by atoms with E-state index in [1.807, 2.05) is 5.92 Å². The first-order valence-corrected chi connectivity index (χ1v) is 9.44. The van der Waals surface area contributed by atoms with Crippen molar-refractivity contribution < 1.29 is 30.7 Å². The first kappa shape index (κ1) is 24.1. The molecule has 0 aliphatic carbocycles. The average molecular weight is 471 g/mol. The minimum absolute atomic E-state index is 0.0638. The number of hydrogen-bond acceptors (Lipinski definition) is 3. The molecule has 1 heterocycles. The zero-order valence-electron chi connectivity index (χ0n) is 17.2. The van der Waals surface area contributed by atoms with Crippen LogP contribution in [-0.4, -0.2) is 29.1 Å². The number of aromatic amines is 1. The van der Waals surface area contributed by atoms with Gasteiger partial charge in [-0.2, -0.15) is 18.2 Å². The van der Waals surface area contributed by atoms with E-state index in [0.717, 1.165) is 38.1 Å². The van der Waals surface area contributed by atoms with Crippen LogP contribution in [0.15, 0.2) is 41.2 Å². The van der Waals surface area contributed by atoms with E-state index in [0.29, 0.717) is 4.90 Å². The number of rotatable bonds is 4. The lowest BCUT2D eigenvalue weighted by molar-refractivity contribution is -0.190. The molecule has 11 heteroatoms. The fourth-order valence-corrected chi connectivity index (χ4v) is 2.87. The molecule has 0 bridgehead atoms. The molecule has 3 rings (SSSR count). The van der Waals surface area contributed by atoms with Crippen molar-refractivity contribution >= 4 is 22.4 Å². The Morgan fingerprint density at radius 1 is 1.12 bits per heavy atom. The summed E-state index contributed by atoms with van der Waals surface area (Å²) in [6.45, 7) is 0.487. The van der Waals surface area contributed by atoms with Crippen LogP contribution in [0.4, 0.5) is 42.2 Å². The van der Waals surface area contributed by atoms with Crippen molar-refractivity contribution in [2.24, 2.45) is 5.41 Å². The van der Waals surface area contributed by atoms with Gasteiger partial charge in [0.05, 0.1) is 23.3 Å². The molecule has 0 aliphatic heterocycles. The van der Waals surface area contributed by atoms with E-state index in [4.69, 9.17) is 0 Å². The normalized spacial score (nSPS) is 12.1. The largest absolute Gasteiger partial charge is 0.404 e. The first-order chi connectivity index (χ1) is 15.3. The molecule has 1 aromatic heterocycles. The number of H-pyrrole nitrogens is 1. The van der Waals surface area contributed by atoms with Gasteiger partial charge >= 0.3 is 11.9 Å². The minimum Gasteiger partial charge on any atom is -0.317 e. The van der Waals surface area contributed by atoms with E-state index in [1.165, 1.54) is 12.1 Å². The van der Waals surface area contributed by atoms with Crippen LogP contribution in [0.5, 0.6) is 0 Å². The summed E-state index contributed by atoms with van der Waals surface area (Å²) in [6, 6.07) is 6.51. The molecule has 0 saturated heterocycles. The summed E-state index contributed by atoms with van der Waals surface area (Å²) in [5, 5.41) is -0.0793. The van der Waals surface area contributed by atoms with Crippen LogP contribution in [0.25, 0.3) is 10.9 Å². The Bertz CT molecular complexity index is 1300. The van der Waals surface area contributed by atoms with Crippen molar-refractivity contribution in [3.8, 4) is 11.8 Å². The molecule has 0 amide bonds. The fraction of sp³-hybridized carbons (Fsp3) is 0.273. The monoisotopic (exact) mass is 471 g/mol. The fourth-order valence-electron chi connectivity index (χ4n) is 2.87. The van der Waals surface area contributed by atoms with Gasteiger partial charge in [0.2, 0.25) is 0 Å². The quantitative estimate of drug-likeness (QED) is 0.401. The number of benzene rings is 2. The van der Waals surface area contributed by atoms with Crippen LogP contribution in [0.1, 0.15) is 19.4 Å². The van der Waals surface area contributed by atoms with Gasteiger partial charge in [0.15, 0.2) is 5.82 Å². The van der Waals surface area contributed by atoms with E-state index >= 15 is 4.39 Å². The summed E-state index contributed by atoms with van der Waals surface area (Å²) in [5.74, 6) is 1.65. The van der Waals surface area contributed by atoms with E-state index in [9.17, 15) is 31.1 Å². The van der Waals surface area contributed by atoms with Gasteiger partial charge in [-0.25, -0.2) is 22.4 Å². The summed E-state index contributed by atoms with van der Waals surface area (Å²) < 4.78 is 95.1. The van der Waals surface area contributed by atoms with Crippen LogP contribution >= 0.6 is 0 Å². The van der Waals surface area contributed by atoms with Gasteiger partial charge in [0.25, 0.3) is 6.43 Å². The van der Waals surface area contributed by atoms with Gasteiger partial charge in [-0.3, -0.25) is 0 Å². The molecule has 174 valence electrons. The Balaban J connectivity index is 2.21. The summed E-state index contributed by atoms with van der Waals surface area (Å²) in [4.78, 5) is 18.6. The lowest BCUT2D eigenvalue weighted by atomic mass is 9.93. The molecule has 0 spiro atoms. The van der Waals surface area contributed by atoms with E-state index < -0.39 is 59.0 Å². The number of halogens is 7. The highest BCUT2D eigenvalue weighted by Crippen LogP contribution is 2.37. The van der Waals surface area contributed by atoms with Crippen LogP contribution in [0.2, 0.25) is 0 Å². The van der Waals surface area contributed by atoms with Crippen LogP contribution < -0.4 is 10.6 Å². The third-order valence-corrected chi connectivity index (χ3v) is 4.74. The molecule has 0 saturated carbocycles. The Morgan fingerprint density at radius 2 is 1.82 bits per heavy atom. The van der Waals surface area contributed by atoms with Gasteiger partial charge in [-0.05, 0) is 44.2 Å².